The fourth-order valence-corrected chi connectivity index (χ4v) is 4.69. The molecule has 2 unspecified atom stereocenters. The van der Waals surface area contributed by atoms with Crippen LogP contribution in [0.1, 0.15) is 19.3 Å². The molecule has 0 aromatic heterocycles. The fraction of sp³-hybridized carbons (Fsp3) is 0.696. The van der Waals surface area contributed by atoms with Crippen LogP contribution in [-0.4, -0.2) is 101 Å². The first kappa shape index (κ1) is 21.4. The summed E-state index contributed by atoms with van der Waals surface area (Å²) in [5.74, 6) is 0.996. The number of benzene rings is 1. The Morgan fingerprint density at radius 1 is 1.03 bits per heavy atom. The maximum absolute atomic E-state index is 5.97. The van der Waals surface area contributed by atoms with Crippen molar-refractivity contribution in [1.82, 2.24) is 15.1 Å². The minimum atomic E-state index is 0.167. The van der Waals surface area contributed by atoms with E-state index >= 15 is 0 Å². The van der Waals surface area contributed by atoms with Crippen LogP contribution in [0.2, 0.25) is 0 Å². The summed E-state index contributed by atoms with van der Waals surface area (Å²) in [6.45, 7) is 9.95. The van der Waals surface area contributed by atoms with Crippen molar-refractivity contribution in [2.45, 2.75) is 31.5 Å². The third kappa shape index (κ3) is 5.65. The topological polar surface area (TPSA) is 52.6 Å². The van der Waals surface area contributed by atoms with Crippen molar-refractivity contribution in [2.24, 2.45) is 4.99 Å². The molecule has 2 atom stereocenters. The van der Waals surface area contributed by atoms with Gasteiger partial charge in [-0.05, 0) is 37.9 Å². The van der Waals surface area contributed by atoms with Gasteiger partial charge in [0, 0.05) is 65.2 Å². The molecule has 0 spiro atoms. The largest absolute Gasteiger partial charge is 0.375 e. The summed E-state index contributed by atoms with van der Waals surface area (Å²) in [7, 11) is 1.88. The van der Waals surface area contributed by atoms with Gasteiger partial charge >= 0.3 is 0 Å². The zero-order valence-electron chi connectivity index (χ0n) is 18.3. The van der Waals surface area contributed by atoms with Crippen molar-refractivity contribution in [1.29, 1.82) is 0 Å². The molecule has 3 fully saturated rings. The van der Waals surface area contributed by atoms with E-state index in [2.05, 4.69) is 55.3 Å². The standard InChI is InChI=1S/C23H37N5O2/c1-24-23(28-16-18-30-22(19-28)21-9-5-17-29-21)25-10-6-11-26-12-14-27(15-13-26)20-7-3-2-4-8-20/h2-4,7-8,21-22H,5-6,9-19H2,1H3,(H,24,25). The maximum Gasteiger partial charge on any atom is 0.193 e. The highest BCUT2D eigenvalue weighted by molar-refractivity contribution is 5.80. The normalized spacial score (nSPS) is 26.2. The highest BCUT2D eigenvalue weighted by atomic mass is 16.5. The van der Waals surface area contributed by atoms with Gasteiger partial charge in [0.1, 0.15) is 6.10 Å². The molecular weight excluding hydrogens is 378 g/mol. The number of nitrogens with zero attached hydrogens (tertiary/aromatic N) is 4. The van der Waals surface area contributed by atoms with Gasteiger partial charge < -0.3 is 24.6 Å². The maximum atomic E-state index is 5.97. The smallest absolute Gasteiger partial charge is 0.193 e. The average molecular weight is 416 g/mol. The number of piperazine rings is 1. The summed E-state index contributed by atoms with van der Waals surface area (Å²) in [4.78, 5) is 11.9. The first-order valence-corrected chi connectivity index (χ1v) is 11.5. The molecule has 3 aliphatic heterocycles. The molecule has 1 aromatic carbocycles. The lowest BCUT2D eigenvalue weighted by Crippen LogP contribution is -2.53. The molecule has 166 valence electrons. The minimum Gasteiger partial charge on any atom is -0.375 e. The number of nitrogens with one attached hydrogen (secondary N) is 1. The van der Waals surface area contributed by atoms with Crippen LogP contribution in [0.4, 0.5) is 5.69 Å². The average Bonchev–Trinajstić information content (AvgIpc) is 3.35. The molecule has 7 heteroatoms. The predicted octanol–water partition coefficient (Wildman–Crippen LogP) is 1.65. The van der Waals surface area contributed by atoms with Crippen LogP contribution in [0.5, 0.6) is 0 Å². The number of hydrogen-bond acceptors (Lipinski definition) is 5. The van der Waals surface area contributed by atoms with Gasteiger partial charge in [-0.3, -0.25) is 9.89 Å². The molecule has 7 nitrogen and oxygen atoms in total. The molecule has 30 heavy (non-hydrogen) atoms. The molecule has 4 rings (SSSR count). The van der Waals surface area contributed by atoms with Gasteiger partial charge in [-0.15, -0.1) is 0 Å². The van der Waals surface area contributed by atoms with Gasteiger partial charge in [-0.25, -0.2) is 0 Å². The lowest BCUT2D eigenvalue weighted by Gasteiger charge is -2.37. The molecule has 3 heterocycles. The van der Waals surface area contributed by atoms with Crippen molar-refractivity contribution >= 4 is 11.6 Å². The number of guanidine groups is 1. The van der Waals surface area contributed by atoms with E-state index in [1.54, 1.807) is 0 Å². The third-order valence-corrected chi connectivity index (χ3v) is 6.41. The van der Waals surface area contributed by atoms with E-state index in [0.29, 0.717) is 0 Å². The number of morpholine rings is 1. The Balaban J connectivity index is 1.14. The van der Waals surface area contributed by atoms with E-state index in [1.807, 2.05) is 7.05 Å². The first-order chi connectivity index (χ1) is 14.8. The van der Waals surface area contributed by atoms with Gasteiger partial charge in [0.05, 0.1) is 12.7 Å². The van der Waals surface area contributed by atoms with Crippen molar-refractivity contribution in [3.63, 3.8) is 0 Å². The Morgan fingerprint density at radius 3 is 2.57 bits per heavy atom. The third-order valence-electron chi connectivity index (χ3n) is 6.41. The van der Waals surface area contributed by atoms with E-state index < -0.39 is 0 Å². The second kappa shape index (κ2) is 11.0. The van der Waals surface area contributed by atoms with Gasteiger partial charge in [0.2, 0.25) is 0 Å². The zero-order chi connectivity index (χ0) is 20.6. The van der Waals surface area contributed by atoms with Gasteiger partial charge in [-0.2, -0.15) is 0 Å². The molecule has 0 bridgehead atoms. The van der Waals surface area contributed by atoms with Crippen LogP contribution < -0.4 is 10.2 Å². The van der Waals surface area contributed by atoms with Crippen LogP contribution in [0.3, 0.4) is 0 Å². The van der Waals surface area contributed by atoms with Crippen LogP contribution in [0.15, 0.2) is 35.3 Å². The molecule has 1 N–H and O–H groups in total. The van der Waals surface area contributed by atoms with E-state index in [0.717, 1.165) is 90.8 Å². The highest BCUT2D eigenvalue weighted by Crippen LogP contribution is 2.21. The quantitative estimate of drug-likeness (QED) is 0.433. The Labute approximate surface area is 181 Å². The number of ether oxygens (including phenoxy) is 2. The second-order valence-corrected chi connectivity index (χ2v) is 8.40. The van der Waals surface area contributed by atoms with Crippen LogP contribution >= 0.6 is 0 Å². The monoisotopic (exact) mass is 415 g/mol. The molecule has 1 aromatic rings. The summed E-state index contributed by atoms with van der Waals surface area (Å²) in [5.41, 5.74) is 1.34. The Morgan fingerprint density at radius 2 is 1.83 bits per heavy atom. The van der Waals surface area contributed by atoms with E-state index in [9.17, 15) is 0 Å². The molecule has 0 aliphatic carbocycles. The molecule has 0 saturated carbocycles. The van der Waals surface area contributed by atoms with Gasteiger partial charge in [-0.1, -0.05) is 18.2 Å². The van der Waals surface area contributed by atoms with Crippen molar-refractivity contribution in [3.05, 3.63) is 30.3 Å². The lowest BCUT2D eigenvalue weighted by atomic mass is 10.1. The van der Waals surface area contributed by atoms with Crippen molar-refractivity contribution < 1.29 is 9.47 Å². The van der Waals surface area contributed by atoms with Crippen LogP contribution in [-0.2, 0) is 9.47 Å². The van der Waals surface area contributed by atoms with Gasteiger partial charge in [0.15, 0.2) is 5.96 Å². The van der Waals surface area contributed by atoms with Crippen molar-refractivity contribution in [3.8, 4) is 0 Å². The Bertz CT molecular complexity index is 657. The number of anilines is 1. The summed E-state index contributed by atoms with van der Waals surface area (Å²) in [6, 6.07) is 10.7. The SMILES string of the molecule is CN=C(NCCCN1CCN(c2ccccc2)CC1)N1CCOC(C2CCCO2)C1. The highest BCUT2D eigenvalue weighted by Gasteiger charge is 2.32. The number of aliphatic imine (C=N–C) groups is 1. The minimum absolute atomic E-state index is 0.167. The Kier molecular flexibility index (Phi) is 7.83. The lowest BCUT2D eigenvalue weighted by molar-refractivity contribution is -0.0816. The molecule has 0 amide bonds. The predicted molar refractivity (Wildman–Crippen MR) is 121 cm³/mol. The summed E-state index contributed by atoms with van der Waals surface area (Å²) in [5, 5.41) is 3.57. The van der Waals surface area contributed by atoms with E-state index in [-0.39, 0.29) is 12.2 Å². The van der Waals surface area contributed by atoms with E-state index in [1.165, 1.54) is 5.69 Å². The van der Waals surface area contributed by atoms with E-state index in [4.69, 9.17) is 9.47 Å². The Hall–Kier alpha value is -1.83. The number of hydrogen-bond donors (Lipinski definition) is 1. The number of para-hydroxylation sites is 1. The summed E-state index contributed by atoms with van der Waals surface area (Å²) >= 11 is 0. The van der Waals surface area contributed by atoms with Gasteiger partial charge in [0.25, 0.3) is 0 Å². The fourth-order valence-electron chi connectivity index (χ4n) is 4.69. The van der Waals surface area contributed by atoms with Crippen molar-refractivity contribution in [2.75, 3.05) is 77.5 Å². The molecule has 0 radical (unpaired) electrons. The first-order valence-electron chi connectivity index (χ1n) is 11.5. The molecule has 3 saturated heterocycles. The summed E-state index contributed by atoms with van der Waals surface area (Å²) in [6.07, 6.45) is 3.81. The number of rotatable bonds is 6. The van der Waals surface area contributed by atoms with Crippen LogP contribution in [0.25, 0.3) is 0 Å². The molecular formula is C23H37N5O2. The second-order valence-electron chi connectivity index (χ2n) is 8.40. The zero-order valence-corrected chi connectivity index (χ0v) is 18.3. The molecule has 3 aliphatic rings. The summed E-state index contributed by atoms with van der Waals surface area (Å²) < 4.78 is 11.8. The van der Waals surface area contributed by atoms with Crippen LogP contribution in [0, 0.1) is 0 Å².